The first-order chi connectivity index (χ1) is 29.2. The molecule has 8 atom stereocenters. The van der Waals surface area contributed by atoms with Crippen molar-refractivity contribution in [1.82, 2.24) is 37.2 Å². The molecule has 0 heterocycles. The van der Waals surface area contributed by atoms with Crippen LogP contribution in [-0.2, 0) is 54.4 Å². The molecule has 0 saturated carbocycles. The van der Waals surface area contributed by atoms with Gasteiger partial charge in [-0.3, -0.25) is 43.2 Å². The zero-order chi connectivity index (χ0) is 47.1. The number of carboxylic acid groups (broad SMARTS) is 2. The van der Waals surface area contributed by atoms with Crippen molar-refractivity contribution < 1.29 is 73.5 Å². The third-order valence-corrected chi connectivity index (χ3v) is 9.34. The van der Waals surface area contributed by atoms with Crippen molar-refractivity contribution in [2.75, 3.05) is 31.8 Å². The first kappa shape index (κ1) is 54.1. The van der Waals surface area contributed by atoms with E-state index >= 15 is 0 Å². The third-order valence-electron chi connectivity index (χ3n) is 8.70. The minimum absolute atomic E-state index is 0.0270. The van der Waals surface area contributed by atoms with Gasteiger partial charge in [0, 0.05) is 6.42 Å². The monoisotopic (exact) mass is 899 g/mol. The molecule has 0 aliphatic rings. The van der Waals surface area contributed by atoms with E-state index in [1.54, 1.807) is 50.4 Å². The molecule has 0 radical (unpaired) electrons. The highest BCUT2D eigenvalue weighted by atomic mass is 32.2. The number of nitrogens with one attached hydrogen (secondary N) is 7. The fraction of sp³-hybridized carbons (Fsp3) is 0.568. The molecule has 0 aliphatic heterocycles. The van der Waals surface area contributed by atoms with Crippen molar-refractivity contribution >= 4 is 71.0 Å². The average Bonchev–Trinajstić information content (AvgIpc) is 3.21. The molecular formula is C37H57N9O15S. The molecular weight excluding hydrogens is 843 g/mol. The molecule has 16 N–H and O–H groups in total. The van der Waals surface area contributed by atoms with E-state index in [0.29, 0.717) is 11.3 Å². The zero-order valence-corrected chi connectivity index (χ0v) is 35.1. The summed E-state index contributed by atoms with van der Waals surface area (Å²) in [5.74, 6) is -11.8. The number of aliphatic hydroxyl groups is 3. The third kappa shape index (κ3) is 19.7. The van der Waals surface area contributed by atoms with Gasteiger partial charge in [0.2, 0.25) is 47.3 Å². The summed E-state index contributed by atoms with van der Waals surface area (Å²) in [5, 5.41) is 63.4. The number of carboxylic acids is 2. The molecule has 0 bridgehead atoms. The van der Waals surface area contributed by atoms with Gasteiger partial charge in [-0.15, -0.1) is 0 Å². The summed E-state index contributed by atoms with van der Waals surface area (Å²) >= 11 is 1.31. The summed E-state index contributed by atoms with van der Waals surface area (Å²) in [6.45, 7) is 0.461. The quantitative estimate of drug-likeness (QED) is 0.0356. The van der Waals surface area contributed by atoms with E-state index in [9.17, 15) is 73.5 Å². The van der Waals surface area contributed by atoms with E-state index in [-0.39, 0.29) is 25.2 Å². The topological polar surface area (TPSA) is 408 Å². The molecule has 24 nitrogen and oxygen atoms in total. The van der Waals surface area contributed by atoms with Gasteiger partial charge in [-0.05, 0) is 36.3 Å². The Bertz CT molecular complexity index is 1720. The highest BCUT2D eigenvalue weighted by Crippen LogP contribution is 2.10. The van der Waals surface area contributed by atoms with Gasteiger partial charge in [0.15, 0.2) is 0 Å². The van der Waals surface area contributed by atoms with Gasteiger partial charge in [0.05, 0.1) is 32.7 Å². The van der Waals surface area contributed by atoms with E-state index in [1.807, 2.05) is 0 Å². The lowest BCUT2D eigenvalue weighted by Crippen LogP contribution is -2.61. The smallest absolute Gasteiger partial charge is 0.328 e. The number of amides is 8. The van der Waals surface area contributed by atoms with Crippen LogP contribution in [0.1, 0.15) is 45.1 Å². The van der Waals surface area contributed by atoms with Crippen LogP contribution in [0.15, 0.2) is 30.3 Å². The molecule has 1 aromatic rings. The van der Waals surface area contributed by atoms with Crippen molar-refractivity contribution in [3.63, 3.8) is 0 Å². The molecule has 0 spiro atoms. The van der Waals surface area contributed by atoms with E-state index in [1.165, 1.54) is 11.8 Å². The van der Waals surface area contributed by atoms with Crippen LogP contribution < -0.4 is 48.7 Å². The van der Waals surface area contributed by atoms with Gasteiger partial charge in [-0.1, -0.05) is 44.2 Å². The average molecular weight is 900 g/mol. The number of benzene rings is 1. The first-order valence-electron chi connectivity index (χ1n) is 19.1. The number of thioether (sulfide) groups is 1. The van der Waals surface area contributed by atoms with Gasteiger partial charge in [-0.2, -0.15) is 11.8 Å². The fourth-order valence-electron chi connectivity index (χ4n) is 5.44. The summed E-state index contributed by atoms with van der Waals surface area (Å²) in [6.07, 6.45) is -0.481. The second-order valence-corrected chi connectivity index (χ2v) is 15.3. The van der Waals surface area contributed by atoms with E-state index in [0.717, 1.165) is 0 Å². The summed E-state index contributed by atoms with van der Waals surface area (Å²) < 4.78 is 0. The normalized spacial score (nSPS) is 14.8. The number of primary amides is 1. The maximum atomic E-state index is 13.7. The van der Waals surface area contributed by atoms with Crippen molar-refractivity contribution in [2.45, 2.75) is 94.3 Å². The van der Waals surface area contributed by atoms with Crippen molar-refractivity contribution in [3.8, 4) is 0 Å². The maximum Gasteiger partial charge on any atom is 0.328 e. The molecule has 62 heavy (non-hydrogen) atoms. The van der Waals surface area contributed by atoms with Crippen LogP contribution >= 0.6 is 11.8 Å². The zero-order valence-electron chi connectivity index (χ0n) is 34.3. The van der Waals surface area contributed by atoms with Gasteiger partial charge < -0.3 is 74.2 Å². The summed E-state index contributed by atoms with van der Waals surface area (Å²) in [5.41, 5.74) is 11.3. The lowest BCUT2D eigenvalue weighted by Gasteiger charge is -2.27. The summed E-state index contributed by atoms with van der Waals surface area (Å²) in [4.78, 5) is 128. The molecule has 0 unspecified atom stereocenters. The fourth-order valence-corrected chi connectivity index (χ4v) is 5.91. The van der Waals surface area contributed by atoms with Crippen LogP contribution in [0.2, 0.25) is 0 Å². The van der Waals surface area contributed by atoms with E-state index in [2.05, 4.69) is 37.2 Å². The van der Waals surface area contributed by atoms with Crippen LogP contribution in [0.3, 0.4) is 0 Å². The van der Waals surface area contributed by atoms with Crippen molar-refractivity contribution in [3.05, 3.63) is 35.9 Å². The number of carbonyl (C=O) groups is 10. The Balaban J connectivity index is 3.32. The van der Waals surface area contributed by atoms with E-state index < -0.39 is 140 Å². The van der Waals surface area contributed by atoms with E-state index in [4.69, 9.17) is 11.5 Å². The van der Waals surface area contributed by atoms with Gasteiger partial charge in [0.25, 0.3) is 0 Å². The number of hydrogen-bond donors (Lipinski definition) is 14. The van der Waals surface area contributed by atoms with Crippen molar-refractivity contribution in [1.29, 1.82) is 0 Å². The molecule has 0 aliphatic carbocycles. The molecule has 1 rings (SSSR count). The van der Waals surface area contributed by atoms with Crippen LogP contribution in [0.4, 0.5) is 0 Å². The minimum atomic E-state index is -1.89. The highest BCUT2D eigenvalue weighted by Gasteiger charge is 2.35. The Morgan fingerprint density at radius 2 is 1.02 bits per heavy atom. The molecule has 346 valence electrons. The Morgan fingerprint density at radius 1 is 0.581 bits per heavy atom. The largest absolute Gasteiger partial charge is 0.481 e. The van der Waals surface area contributed by atoms with Gasteiger partial charge in [-0.25, -0.2) is 4.79 Å². The lowest BCUT2D eigenvalue weighted by molar-refractivity contribution is -0.144. The number of nitrogens with two attached hydrogens (primary N) is 2. The molecule has 0 aromatic heterocycles. The molecule has 0 saturated heterocycles. The molecule has 25 heteroatoms. The van der Waals surface area contributed by atoms with Gasteiger partial charge in [0.1, 0.15) is 48.3 Å². The Kier molecular flexibility index (Phi) is 24.3. The number of aliphatic carboxylic acids is 2. The predicted octanol–water partition coefficient (Wildman–Crippen LogP) is -5.84. The number of rotatable bonds is 29. The molecule has 0 fully saturated rings. The lowest BCUT2D eigenvalue weighted by atomic mass is 10.0. The second kappa shape index (κ2) is 27.9. The van der Waals surface area contributed by atoms with Crippen LogP contribution in [0.25, 0.3) is 0 Å². The number of aliphatic hydroxyl groups excluding tert-OH is 3. The Morgan fingerprint density at radius 3 is 1.50 bits per heavy atom. The Labute approximate surface area is 360 Å². The van der Waals surface area contributed by atoms with Crippen LogP contribution in [-0.4, -0.2) is 165 Å². The Hall–Kier alpha value is -5.89. The van der Waals surface area contributed by atoms with Crippen molar-refractivity contribution in [2.24, 2.45) is 17.4 Å². The number of carbonyl (C=O) groups excluding carboxylic acids is 8. The summed E-state index contributed by atoms with van der Waals surface area (Å²) in [6, 6.07) is -4.92. The number of hydrogen-bond acceptors (Lipinski definition) is 15. The highest BCUT2D eigenvalue weighted by molar-refractivity contribution is 7.98. The SMILES string of the molecule is CSCC[C@H](NC(=O)[C@@H](N)CO)C(=O)N[C@@H](CC(N)=O)C(=O)N[C@@H](CO)C(=O)N[C@@H](CC(C)C)C(=O)N[C@@H](CC(=O)O)C(=O)N[C@@H](Cc1ccccc1)C(=O)N[C@@H](CO)C(=O)O. The van der Waals surface area contributed by atoms with Crippen LogP contribution in [0.5, 0.6) is 0 Å². The maximum absolute atomic E-state index is 13.7. The molecule has 1 aromatic carbocycles. The first-order valence-corrected chi connectivity index (χ1v) is 20.5. The summed E-state index contributed by atoms with van der Waals surface area (Å²) in [7, 11) is 0. The van der Waals surface area contributed by atoms with Crippen LogP contribution in [0, 0.1) is 5.92 Å². The molecule has 8 amide bonds. The minimum Gasteiger partial charge on any atom is -0.481 e. The predicted molar refractivity (Wildman–Crippen MR) is 219 cm³/mol. The second-order valence-electron chi connectivity index (χ2n) is 14.3. The van der Waals surface area contributed by atoms with Gasteiger partial charge >= 0.3 is 11.9 Å². The standard InChI is InChI=1S/C37H57N9O15S/c1-18(2)11-22(32(55)44-25(14-29(51)52)35(58)42-23(12-19-7-5-4-6-8-19)33(56)46-27(17-49)37(60)61)41-36(59)26(16-48)45-34(57)24(13-28(39)50)43-31(54)21(9-10-62-3)40-30(53)20(38)15-47/h4-8,18,20-27,47-49H,9-17,38H2,1-3H3,(H2,39,50)(H,40,53)(H,41,59)(H,42,58)(H,43,54)(H,44,55)(H,45,57)(H,46,56)(H,51,52)(H,60,61)/t20-,21-,22-,23-,24-,25-,26-,27-/m0/s1.